The lowest BCUT2D eigenvalue weighted by Gasteiger charge is -2.05. The SMILES string of the molecule is N#Cc1cccc2c1[nH]c(=S)n2-c1cccc(I)c1. The third-order valence-corrected chi connectivity index (χ3v) is 3.86. The maximum Gasteiger partial charge on any atom is 0.182 e. The van der Waals surface area contributed by atoms with Gasteiger partial charge in [0.05, 0.1) is 16.6 Å². The third kappa shape index (κ3) is 2.07. The molecule has 5 heteroatoms. The van der Waals surface area contributed by atoms with Crippen molar-refractivity contribution in [3.05, 3.63) is 56.4 Å². The van der Waals surface area contributed by atoms with Crippen LogP contribution in [0.25, 0.3) is 16.7 Å². The van der Waals surface area contributed by atoms with Crippen LogP contribution in [-0.2, 0) is 0 Å². The monoisotopic (exact) mass is 377 g/mol. The van der Waals surface area contributed by atoms with E-state index in [1.807, 2.05) is 34.9 Å². The molecule has 19 heavy (non-hydrogen) atoms. The van der Waals surface area contributed by atoms with Gasteiger partial charge in [0, 0.05) is 9.26 Å². The predicted molar refractivity (Wildman–Crippen MR) is 85.9 cm³/mol. The fourth-order valence-electron chi connectivity index (χ4n) is 2.09. The second-order valence-electron chi connectivity index (χ2n) is 4.06. The molecular formula is C14H8IN3S. The molecule has 0 saturated carbocycles. The lowest BCUT2D eigenvalue weighted by molar-refractivity contribution is 1.06. The van der Waals surface area contributed by atoms with E-state index >= 15 is 0 Å². The number of aromatic amines is 1. The summed E-state index contributed by atoms with van der Waals surface area (Å²) in [6.45, 7) is 0. The van der Waals surface area contributed by atoms with Crippen LogP contribution in [0.4, 0.5) is 0 Å². The maximum absolute atomic E-state index is 9.14. The minimum Gasteiger partial charge on any atom is -0.329 e. The van der Waals surface area contributed by atoms with E-state index in [1.165, 1.54) is 0 Å². The van der Waals surface area contributed by atoms with Crippen LogP contribution in [0, 0.1) is 19.7 Å². The molecule has 0 bridgehead atoms. The highest BCUT2D eigenvalue weighted by atomic mass is 127. The zero-order chi connectivity index (χ0) is 13.4. The Morgan fingerprint density at radius 1 is 1.21 bits per heavy atom. The molecule has 1 N–H and O–H groups in total. The maximum atomic E-state index is 9.14. The molecule has 3 aromatic rings. The van der Waals surface area contributed by atoms with Gasteiger partial charge in [0.2, 0.25) is 0 Å². The Bertz CT molecular complexity index is 870. The molecule has 3 nitrogen and oxygen atoms in total. The summed E-state index contributed by atoms with van der Waals surface area (Å²) in [7, 11) is 0. The number of para-hydroxylation sites is 1. The van der Waals surface area contributed by atoms with Crippen LogP contribution in [0.3, 0.4) is 0 Å². The molecule has 0 aliphatic heterocycles. The Kier molecular flexibility index (Phi) is 3.12. The molecule has 1 aromatic heterocycles. The van der Waals surface area contributed by atoms with Gasteiger partial charge >= 0.3 is 0 Å². The van der Waals surface area contributed by atoms with Crippen LogP contribution >= 0.6 is 34.8 Å². The number of benzene rings is 2. The zero-order valence-electron chi connectivity index (χ0n) is 9.72. The van der Waals surface area contributed by atoms with E-state index in [2.05, 4.69) is 39.7 Å². The summed E-state index contributed by atoms with van der Waals surface area (Å²) < 4.78 is 3.69. The molecule has 0 fully saturated rings. The van der Waals surface area contributed by atoms with Gasteiger partial charge in [-0.25, -0.2) is 0 Å². The van der Waals surface area contributed by atoms with Crippen molar-refractivity contribution in [2.75, 3.05) is 0 Å². The zero-order valence-corrected chi connectivity index (χ0v) is 12.7. The van der Waals surface area contributed by atoms with Gasteiger partial charge in [-0.1, -0.05) is 12.1 Å². The molecule has 0 saturated heterocycles. The number of halogens is 1. The molecule has 2 aromatic carbocycles. The number of hydrogen-bond donors (Lipinski definition) is 1. The number of nitrogens with zero attached hydrogens (tertiary/aromatic N) is 2. The van der Waals surface area contributed by atoms with Crippen LogP contribution in [-0.4, -0.2) is 9.55 Å². The number of imidazole rings is 1. The Hall–Kier alpha value is -1.65. The van der Waals surface area contributed by atoms with E-state index in [4.69, 9.17) is 17.5 Å². The Morgan fingerprint density at radius 3 is 2.74 bits per heavy atom. The van der Waals surface area contributed by atoms with Crippen LogP contribution < -0.4 is 0 Å². The highest BCUT2D eigenvalue weighted by Crippen LogP contribution is 2.23. The van der Waals surface area contributed by atoms with Crippen LogP contribution in [0.2, 0.25) is 0 Å². The topological polar surface area (TPSA) is 44.5 Å². The first kappa shape index (κ1) is 12.4. The molecule has 1 heterocycles. The fraction of sp³-hybridized carbons (Fsp3) is 0. The molecule has 0 atom stereocenters. The summed E-state index contributed by atoms with van der Waals surface area (Å²) in [5, 5.41) is 9.14. The van der Waals surface area contributed by atoms with Crippen molar-refractivity contribution in [1.29, 1.82) is 5.26 Å². The molecule has 0 aliphatic carbocycles. The standard InChI is InChI=1S/C14H8IN3S/c15-10-4-2-5-11(7-10)18-12-6-1-3-9(8-16)13(12)17-14(18)19/h1-7H,(H,17,19). The molecule has 0 unspecified atom stereocenters. The summed E-state index contributed by atoms with van der Waals surface area (Å²) in [5.41, 5.74) is 3.31. The average Bonchev–Trinajstić information content (AvgIpc) is 2.74. The number of aromatic nitrogens is 2. The number of nitrogens with one attached hydrogen (secondary N) is 1. The Morgan fingerprint density at radius 2 is 2.00 bits per heavy atom. The normalized spacial score (nSPS) is 10.5. The fourth-order valence-corrected chi connectivity index (χ4v) is 2.93. The van der Waals surface area contributed by atoms with Crippen molar-refractivity contribution in [2.24, 2.45) is 0 Å². The number of rotatable bonds is 1. The number of nitriles is 1. The number of H-pyrrole nitrogens is 1. The first-order valence-electron chi connectivity index (χ1n) is 5.60. The third-order valence-electron chi connectivity index (χ3n) is 2.91. The highest BCUT2D eigenvalue weighted by molar-refractivity contribution is 14.1. The van der Waals surface area contributed by atoms with Crippen LogP contribution in [0.15, 0.2) is 42.5 Å². The van der Waals surface area contributed by atoms with Crippen LogP contribution in [0.5, 0.6) is 0 Å². The van der Waals surface area contributed by atoms with Crippen molar-refractivity contribution in [3.63, 3.8) is 0 Å². The van der Waals surface area contributed by atoms with Gasteiger partial charge in [0.25, 0.3) is 0 Å². The van der Waals surface area contributed by atoms with E-state index in [0.29, 0.717) is 10.3 Å². The minimum atomic E-state index is 0.597. The van der Waals surface area contributed by atoms with Crippen LogP contribution in [0.1, 0.15) is 5.56 Å². The van der Waals surface area contributed by atoms with E-state index in [0.717, 1.165) is 20.3 Å². The van der Waals surface area contributed by atoms with Crippen molar-refractivity contribution >= 4 is 45.8 Å². The predicted octanol–water partition coefficient (Wildman–Crippen LogP) is 4.16. The van der Waals surface area contributed by atoms with Gasteiger partial charge in [-0.15, -0.1) is 0 Å². The number of fused-ring (bicyclic) bond motifs is 1. The molecular weight excluding hydrogens is 369 g/mol. The molecule has 0 spiro atoms. The van der Waals surface area contributed by atoms with E-state index in [1.54, 1.807) is 6.07 Å². The van der Waals surface area contributed by atoms with Crippen molar-refractivity contribution in [1.82, 2.24) is 9.55 Å². The molecule has 0 amide bonds. The largest absolute Gasteiger partial charge is 0.329 e. The van der Waals surface area contributed by atoms with Crippen molar-refractivity contribution in [2.45, 2.75) is 0 Å². The summed E-state index contributed by atoms with van der Waals surface area (Å²) in [6.07, 6.45) is 0. The van der Waals surface area contributed by atoms with Crippen molar-refractivity contribution in [3.8, 4) is 11.8 Å². The lowest BCUT2D eigenvalue weighted by Crippen LogP contribution is -1.94. The van der Waals surface area contributed by atoms with Gasteiger partial charge in [0.15, 0.2) is 4.77 Å². The Balaban J connectivity index is 2.40. The first-order valence-corrected chi connectivity index (χ1v) is 7.09. The second-order valence-corrected chi connectivity index (χ2v) is 5.69. The summed E-state index contributed by atoms with van der Waals surface area (Å²) >= 11 is 7.65. The average molecular weight is 377 g/mol. The molecule has 3 rings (SSSR count). The van der Waals surface area contributed by atoms with E-state index in [-0.39, 0.29) is 0 Å². The summed E-state index contributed by atoms with van der Waals surface area (Å²) in [5.74, 6) is 0. The minimum absolute atomic E-state index is 0.597. The number of hydrogen-bond acceptors (Lipinski definition) is 2. The van der Waals surface area contributed by atoms with Gasteiger partial charge in [-0.2, -0.15) is 5.26 Å². The Labute approximate surface area is 128 Å². The molecule has 0 radical (unpaired) electrons. The van der Waals surface area contributed by atoms with Gasteiger partial charge in [-0.05, 0) is 65.1 Å². The van der Waals surface area contributed by atoms with Crippen molar-refractivity contribution < 1.29 is 0 Å². The first-order chi connectivity index (χ1) is 9.20. The quantitative estimate of drug-likeness (QED) is 0.511. The van der Waals surface area contributed by atoms with Gasteiger partial charge < -0.3 is 4.98 Å². The highest BCUT2D eigenvalue weighted by Gasteiger charge is 2.09. The van der Waals surface area contributed by atoms with E-state index in [9.17, 15) is 0 Å². The smallest absolute Gasteiger partial charge is 0.182 e. The van der Waals surface area contributed by atoms with E-state index < -0.39 is 0 Å². The summed E-state index contributed by atoms with van der Waals surface area (Å²) in [4.78, 5) is 3.12. The van der Waals surface area contributed by atoms with Gasteiger partial charge in [0.1, 0.15) is 6.07 Å². The molecule has 92 valence electrons. The lowest BCUT2D eigenvalue weighted by atomic mass is 10.2. The van der Waals surface area contributed by atoms with Gasteiger partial charge in [-0.3, -0.25) is 4.57 Å². The summed E-state index contributed by atoms with van der Waals surface area (Å²) in [6, 6.07) is 15.9. The molecule has 0 aliphatic rings. The second kappa shape index (κ2) is 4.79.